The van der Waals surface area contributed by atoms with Gasteiger partial charge < -0.3 is 4.57 Å². The van der Waals surface area contributed by atoms with Crippen LogP contribution in [0.25, 0.3) is 32.9 Å². The van der Waals surface area contributed by atoms with Gasteiger partial charge in [0, 0.05) is 34.8 Å². The quantitative estimate of drug-likeness (QED) is 0.437. The smallest absolute Gasteiger partial charge is 0.252 e. The first-order valence-corrected chi connectivity index (χ1v) is 9.64. The zero-order valence-electron chi connectivity index (χ0n) is 16.3. The third kappa shape index (κ3) is 3.04. The van der Waals surface area contributed by atoms with Crippen LogP contribution in [-0.2, 0) is 7.05 Å². The molecule has 0 unspecified atom stereocenters. The van der Waals surface area contributed by atoms with Gasteiger partial charge >= 0.3 is 0 Å². The Kier molecular flexibility index (Phi) is 4.37. The maximum Gasteiger partial charge on any atom is 0.252 e. The zero-order chi connectivity index (χ0) is 20.5. The molecule has 30 heavy (non-hydrogen) atoms. The highest BCUT2D eigenvalue weighted by Crippen LogP contribution is 2.30. The van der Waals surface area contributed by atoms with Gasteiger partial charge in [0.2, 0.25) is 0 Å². The molecule has 0 saturated carbocycles. The zero-order valence-corrected chi connectivity index (χ0v) is 16.3. The first kappa shape index (κ1) is 17.9. The van der Waals surface area contributed by atoms with E-state index >= 15 is 0 Å². The fourth-order valence-corrected chi connectivity index (χ4v) is 3.65. The average Bonchev–Trinajstić information content (AvgIpc) is 2.81. The number of aromatic nitrogens is 3. The predicted octanol–water partition coefficient (Wildman–Crippen LogP) is 4.59. The summed E-state index contributed by atoms with van der Waals surface area (Å²) in [6, 6.07) is 27.3. The number of aryl methyl sites for hydroxylation is 1. The summed E-state index contributed by atoms with van der Waals surface area (Å²) in [4.78, 5) is 12.3. The van der Waals surface area contributed by atoms with Crippen LogP contribution in [0.4, 0.5) is 11.5 Å². The minimum absolute atomic E-state index is 0.0895. The molecule has 0 aliphatic heterocycles. The van der Waals surface area contributed by atoms with Gasteiger partial charge in [0.1, 0.15) is 5.69 Å². The normalized spacial score (nSPS) is 11.0. The molecule has 0 bridgehead atoms. The number of rotatable bonds is 4. The van der Waals surface area contributed by atoms with Gasteiger partial charge in [0.05, 0.1) is 11.2 Å². The molecule has 0 atom stereocenters. The summed E-state index contributed by atoms with van der Waals surface area (Å²) in [5.74, 6) is 0.593. The van der Waals surface area contributed by atoms with Crippen molar-refractivity contribution >= 4 is 33.2 Å². The van der Waals surface area contributed by atoms with E-state index < -0.39 is 0 Å². The van der Waals surface area contributed by atoms with Crippen LogP contribution in [0.2, 0.25) is 0 Å². The van der Waals surface area contributed by atoms with E-state index in [4.69, 9.17) is 0 Å². The number of benzene rings is 3. The van der Waals surface area contributed by atoms with Crippen molar-refractivity contribution in [3.05, 3.63) is 95.3 Å². The van der Waals surface area contributed by atoms with Gasteiger partial charge in [-0.1, -0.05) is 72.8 Å². The van der Waals surface area contributed by atoms with Crippen molar-refractivity contribution in [2.24, 2.45) is 7.05 Å². The highest BCUT2D eigenvalue weighted by atomic mass is 16.1. The Morgan fingerprint density at radius 3 is 2.20 bits per heavy atom. The van der Waals surface area contributed by atoms with E-state index in [1.807, 2.05) is 78.9 Å². The Morgan fingerprint density at radius 2 is 1.40 bits per heavy atom. The summed E-state index contributed by atoms with van der Waals surface area (Å²) in [6.45, 7) is 0. The van der Waals surface area contributed by atoms with Crippen LogP contribution in [0.15, 0.2) is 89.7 Å². The molecule has 0 amide bonds. The van der Waals surface area contributed by atoms with Crippen LogP contribution in [-0.4, -0.2) is 14.8 Å². The summed E-state index contributed by atoms with van der Waals surface area (Å²) in [7, 11) is 1.77. The van der Waals surface area contributed by atoms with Crippen molar-refractivity contribution < 1.29 is 0 Å². The Hall–Kier alpha value is -4.19. The van der Waals surface area contributed by atoms with Crippen molar-refractivity contribution in [2.45, 2.75) is 0 Å². The van der Waals surface area contributed by atoms with Gasteiger partial charge in [-0.15, -0.1) is 10.2 Å². The number of para-hydroxylation sites is 1. The van der Waals surface area contributed by atoms with Gasteiger partial charge in [0.25, 0.3) is 5.56 Å². The maximum atomic E-state index is 12.3. The number of nitrogens with one attached hydrogen (secondary N) is 2. The highest BCUT2D eigenvalue weighted by Gasteiger charge is 2.11. The maximum absolute atomic E-state index is 12.3. The fraction of sp³-hybridized carbons (Fsp3) is 0.0417. The van der Waals surface area contributed by atoms with E-state index in [0.717, 1.165) is 32.9 Å². The van der Waals surface area contributed by atoms with E-state index in [2.05, 4.69) is 21.0 Å². The van der Waals surface area contributed by atoms with Crippen LogP contribution in [0, 0.1) is 0 Å². The van der Waals surface area contributed by atoms with Crippen LogP contribution in [0.3, 0.4) is 0 Å². The van der Waals surface area contributed by atoms with E-state index in [1.54, 1.807) is 17.7 Å². The highest BCUT2D eigenvalue weighted by molar-refractivity contribution is 6.00. The second-order valence-corrected chi connectivity index (χ2v) is 7.03. The standard InChI is InChI=1S/C24H19N5O/c1-29-21-14-8-7-13-19(21)20(15-22(29)30)25-27-24-18-12-6-5-11-17(18)23(26-28-24)16-9-3-2-4-10-16/h2-15,25H,1H3,(H,27,28). The molecule has 2 aromatic heterocycles. The van der Waals surface area contributed by atoms with Gasteiger partial charge in [-0.25, -0.2) is 0 Å². The first-order valence-electron chi connectivity index (χ1n) is 9.64. The lowest BCUT2D eigenvalue weighted by Gasteiger charge is -2.15. The van der Waals surface area contributed by atoms with Crippen molar-refractivity contribution in [1.29, 1.82) is 0 Å². The molecule has 0 fully saturated rings. The molecular weight excluding hydrogens is 374 g/mol. The molecule has 0 aliphatic rings. The predicted molar refractivity (Wildman–Crippen MR) is 121 cm³/mol. The van der Waals surface area contributed by atoms with Crippen molar-refractivity contribution in [2.75, 3.05) is 10.9 Å². The molecule has 6 heteroatoms. The van der Waals surface area contributed by atoms with Crippen molar-refractivity contribution in [1.82, 2.24) is 14.8 Å². The largest absolute Gasteiger partial charge is 0.311 e. The summed E-state index contributed by atoms with van der Waals surface area (Å²) in [5.41, 5.74) is 9.60. The average molecular weight is 393 g/mol. The van der Waals surface area contributed by atoms with E-state index in [0.29, 0.717) is 11.5 Å². The van der Waals surface area contributed by atoms with Crippen LogP contribution < -0.4 is 16.4 Å². The number of anilines is 2. The number of fused-ring (bicyclic) bond motifs is 2. The number of pyridine rings is 1. The Balaban J connectivity index is 1.56. The molecule has 6 nitrogen and oxygen atoms in total. The lowest BCUT2D eigenvalue weighted by Crippen LogP contribution is -2.19. The van der Waals surface area contributed by atoms with Gasteiger partial charge in [-0.05, 0) is 6.07 Å². The summed E-state index contributed by atoms with van der Waals surface area (Å²) < 4.78 is 1.63. The Bertz CT molecular complexity index is 1430. The SMILES string of the molecule is Cn1c(=O)cc(NNc2nnc(-c3ccccc3)c3ccccc23)c2ccccc21. The molecule has 2 heterocycles. The topological polar surface area (TPSA) is 71.8 Å². The number of hydrazine groups is 1. The lowest BCUT2D eigenvalue weighted by atomic mass is 10.0. The molecule has 5 rings (SSSR count). The van der Waals surface area contributed by atoms with E-state index in [-0.39, 0.29) is 5.56 Å². The number of nitrogens with zero attached hydrogens (tertiary/aromatic N) is 3. The summed E-state index contributed by atoms with van der Waals surface area (Å²) in [6.07, 6.45) is 0. The second kappa shape index (κ2) is 7.33. The molecule has 0 aliphatic carbocycles. The monoisotopic (exact) mass is 393 g/mol. The van der Waals surface area contributed by atoms with Gasteiger partial charge in [0.15, 0.2) is 5.82 Å². The summed E-state index contributed by atoms with van der Waals surface area (Å²) in [5, 5.41) is 11.7. The van der Waals surface area contributed by atoms with Crippen LogP contribution in [0.1, 0.15) is 0 Å². The first-order chi connectivity index (χ1) is 14.7. The molecule has 146 valence electrons. The number of hydrogen-bond donors (Lipinski definition) is 2. The minimum atomic E-state index is -0.0895. The third-order valence-electron chi connectivity index (χ3n) is 5.20. The second-order valence-electron chi connectivity index (χ2n) is 7.03. The van der Waals surface area contributed by atoms with Gasteiger partial charge in [-0.3, -0.25) is 15.6 Å². The molecule has 5 aromatic rings. The van der Waals surface area contributed by atoms with Crippen LogP contribution in [0.5, 0.6) is 0 Å². The summed E-state index contributed by atoms with van der Waals surface area (Å²) >= 11 is 0. The van der Waals surface area contributed by atoms with E-state index in [9.17, 15) is 4.79 Å². The van der Waals surface area contributed by atoms with Crippen molar-refractivity contribution in [3.8, 4) is 11.3 Å². The molecule has 0 saturated heterocycles. The Morgan fingerprint density at radius 1 is 0.733 bits per heavy atom. The van der Waals surface area contributed by atoms with Gasteiger partial charge in [-0.2, -0.15) is 0 Å². The molecule has 2 N–H and O–H groups in total. The lowest BCUT2D eigenvalue weighted by molar-refractivity contribution is 0.906. The molecule has 0 radical (unpaired) electrons. The third-order valence-corrected chi connectivity index (χ3v) is 5.20. The van der Waals surface area contributed by atoms with Crippen molar-refractivity contribution in [3.63, 3.8) is 0 Å². The van der Waals surface area contributed by atoms with E-state index in [1.165, 1.54) is 0 Å². The fourth-order valence-electron chi connectivity index (χ4n) is 3.65. The molecule has 3 aromatic carbocycles. The number of hydrogen-bond acceptors (Lipinski definition) is 5. The Labute approximate surface area is 172 Å². The molecule has 0 spiro atoms. The van der Waals surface area contributed by atoms with Crippen LogP contribution >= 0.6 is 0 Å². The molecular formula is C24H19N5O. The minimum Gasteiger partial charge on any atom is -0.311 e.